The maximum Gasteiger partial charge on any atom is 0.205 e. The molecule has 1 saturated heterocycles. The fraction of sp³-hybridized carbons (Fsp3) is 0.700. The van der Waals surface area contributed by atoms with E-state index in [1.165, 1.54) is 11.5 Å². The van der Waals surface area contributed by atoms with Crippen molar-refractivity contribution in [1.29, 1.82) is 0 Å². The first kappa shape index (κ1) is 10.5. The molecule has 0 spiro atoms. The summed E-state index contributed by atoms with van der Waals surface area (Å²) < 4.78 is 4.16. The first-order chi connectivity index (χ1) is 7.18. The second-order valence-electron chi connectivity index (χ2n) is 3.94. The van der Waals surface area contributed by atoms with Crippen molar-refractivity contribution in [1.82, 2.24) is 9.36 Å². The molecule has 0 radical (unpaired) electrons. The Bertz CT molecular complexity index is 363. The van der Waals surface area contributed by atoms with E-state index in [0.29, 0.717) is 0 Å². The van der Waals surface area contributed by atoms with Crippen LogP contribution in [0.2, 0.25) is 0 Å². The predicted molar refractivity (Wildman–Crippen MR) is 60.3 cm³/mol. The van der Waals surface area contributed by atoms with Gasteiger partial charge in [0.15, 0.2) is 5.78 Å². The highest BCUT2D eigenvalue weighted by Crippen LogP contribution is 2.26. The monoisotopic (exact) mass is 225 g/mol. The summed E-state index contributed by atoms with van der Waals surface area (Å²) in [5, 5.41) is 0.896. The smallest absolute Gasteiger partial charge is 0.205 e. The lowest BCUT2D eigenvalue weighted by atomic mass is 10.00. The number of hydrogen-bond donors (Lipinski definition) is 0. The molecular formula is C10H15N3OS. The summed E-state index contributed by atoms with van der Waals surface area (Å²) >= 11 is 1.39. The molecule has 1 aliphatic heterocycles. The SMILES string of the molecule is CC(=O)C1CCCCN1c1nc(C)ns1. The Morgan fingerprint density at radius 2 is 2.33 bits per heavy atom. The van der Waals surface area contributed by atoms with Gasteiger partial charge in [0, 0.05) is 18.1 Å². The molecule has 0 bridgehead atoms. The van der Waals surface area contributed by atoms with Crippen LogP contribution < -0.4 is 4.90 Å². The summed E-state index contributed by atoms with van der Waals surface area (Å²) in [6.07, 6.45) is 3.23. The topological polar surface area (TPSA) is 46.1 Å². The van der Waals surface area contributed by atoms with Gasteiger partial charge in [-0.25, -0.2) is 4.98 Å². The first-order valence-corrected chi connectivity index (χ1v) is 6.03. The fourth-order valence-electron chi connectivity index (χ4n) is 1.99. The molecule has 0 N–H and O–H groups in total. The number of rotatable bonds is 2. The quantitative estimate of drug-likeness (QED) is 0.770. The molecule has 82 valence electrons. The molecule has 1 aromatic rings. The van der Waals surface area contributed by atoms with Crippen LogP contribution in [0.15, 0.2) is 0 Å². The molecule has 4 nitrogen and oxygen atoms in total. The Hall–Kier alpha value is -0.970. The third kappa shape index (κ3) is 2.17. The summed E-state index contributed by atoms with van der Waals surface area (Å²) in [5.74, 6) is 1.03. The molecule has 0 amide bonds. The van der Waals surface area contributed by atoms with Crippen molar-refractivity contribution >= 4 is 22.4 Å². The first-order valence-electron chi connectivity index (χ1n) is 5.26. The summed E-state index contributed by atoms with van der Waals surface area (Å²) in [7, 11) is 0. The average Bonchev–Trinajstić information content (AvgIpc) is 2.65. The van der Waals surface area contributed by atoms with Crippen LogP contribution in [0, 0.1) is 6.92 Å². The fourth-order valence-corrected chi connectivity index (χ4v) is 2.74. The van der Waals surface area contributed by atoms with E-state index in [9.17, 15) is 4.79 Å². The minimum atomic E-state index is 0.0195. The standard InChI is InChI=1S/C10H15N3OS/c1-7(14)9-5-3-4-6-13(9)10-11-8(2)12-15-10/h9H,3-6H2,1-2H3. The second kappa shape index (κ2) is 4.26. The molecule has 1 aliphatic rings. The Balaban J connectivity index is 2.21. The third-order valence-corrected chi connectivity index (χ3v) is 3.58. The third-order valence-electron chi connectivity index (χ3n) is 2.73. The van der Waals surface area contributed by atoms with E-state index in [4.69, 9.17) is 0 Å². The van der Waals surface area contributed by atoms with E-state index in [2.05, 4.69) is 14.3 Å². The van der Waals surface area contributed by atoms with Crippen LogP contribution in [0.3, 0.4) is 0 Å². The number of piperidine rings is 1. The highest BCUT2D eigenvalue weighted by molar-refractivity contribution is 7.09. The molecule has 0 aromatic carbocycles. The molecule has 1 aromatic heterocycles. The molecule has 15 heavy (non-hydrogen) atoms. The van der Waals surface area contributed by atoms with Gasteiger partial charge in [0.2, 0.25) is 5.13 Å². The second-order valence-corrected chi connectivity index (χ2v) is 4.67. The summed E-state index contributed by atoms with van der Waals surface area (Å²) in [6.45, 7) is 4.47. The Morgan fingerprint density at radius 3 is 2.93 bits per heavy atom. The zero-order valence-corrected chi connectivity index (χ0v) is 9.88. The van der Waals surface area contributed by atoms with Crippen LogP contribution in [0.4, 0.5) is 5.13 Å². The van der Waals surface area contributed by atoms with Crippen molar-refractivity contribution in [2.75, 3.05) is 11.4 Å². The van der Waals surface area contributed by atoms with Crippen LogP contribution in [0.5, 0.6) is 0 Å². The van der Waals surface area contributed by atoms with Gasteiger partial charge >= 0.3 is 0 Å². The number of aromatic nitrogens is 2. The highest BCUT2D eigenvalue weighted by atomic mass is 32.1. The maximum atomic E-state index is 11.5. The van der Waals surface area contributed by atoms with Gasteiger partial charge in [-0.1, -0.05) is 0 Å². The molecule has 1 atom stereocenters. The van der Waals surface area contributed by atoms with Crippen molar-refractivity contribution in [3.8, 4) is 0 Å². The van der Waals surface area contributed by atoms with Crippen molar-refractivity contribution in [2.24, 2.45) is 0 Å². The number of carbonyl (C=O) groups is 1. The summed E-state index contributed by atoms with van der Waals surface area (Å²) in [6, 6.07) is 0.0195. The highest BCUT2D eigenvalue weighted by Gasteiger charge is 2.28. The molecule has 1 fully saturated rings. The lowest BCUT2D eigenvalue weighted by molar-refractivity contribution is -0.118. The normalized spacial score (nSPS) is 21.7. The van der Waals surface area contributed by atoms with Crippen molar-refractivity contribution in [3.05, 3.63) is 5.82 Å². The molecule has 2 rings (SSSR count). The largest absolute Gasteiger partial charge is 0.337 e. The van der Waals surface area contributed by atoms with E-state index in [1.54, 1.807) is 6.92 Å². The van der Waals surface area contributed by atoms with Gasteiger partial charge in [-0.05, 0) is 33.1 Å². The van der Waals surface area contributed by atoms with Crippen molar-refractivity contribution < 1.29 is 4.79 Å². The van der Waals surface area contributed by atoms with Gasteiger partial charge in [-0.3, -0.25) is 4.79 Å². The van der Waals surface area contributed by atoms with Gasteiger partial charge < -0.3 is 4.90 Å². The molecule has 2 heterocycles. The van der Waals surface area contributed by atoms with Crippen LogP contribution in [0.25, 0.3) is 0 Å². The number of ketones is 1. The van der Waals surface area contributed by atoms with Crippen molar-refractivity contribution in [2.45, 2.75) is 39.2 Å². The van der Waals surface area contributed by atoms with Crippen molar-refractivity contribution in [3.63, 3.8) is 0 Å². The van der Waals surface area contributed by atoms with Gasteiger partial charge in [0.1, 0.15) is 5.82 Å². The maximum absolute atomic E-state index is 11.5. The number of Topliss-reactive ketones (excluding diaryl/α,β-unsaturated/α-hetero) is 1. The van der Waals surface area contributed by atoms with Crippen LogP contribution in [-0.4, -0.2) is 27.7 Å². The Labute approximate surface area is 93.5 Å². The molecule has 0 aliphatic carbocycles. The number of hydrogen-bond acceptors (Lipinski definition) is 5. The van der Waals surface area contributed by atoms with E-state index in [1.807, 2.05) is 6.92 Å². The van der Waals surface area contributed by atoms with Gasteiger partial charge in [0.05, 0.1) is 6.04 Å². The molecule has 1 unspecified atom stereocenters. The van der Waals surface area contributed by atoms with E-state index < -0.39 is 0 Å². The molecule has 5 heteroatoms. The minimum Gasteiger partial charge on any atom is -0.337 e. The summed E-state index contributed by atoms with van der Waals surface area (Å²) in [4.78, 5) is 18.0. The molecular weight excluding hydrogens is 210 g/mol. The number of carbonyl (C=O) groups excluding carboxylic acids is 1. The van der Waals surface area contributed by atoms with Gasteiger partial charge in [0.25, 0.3) is 0 Å². The van der Waals surface area contributed by atoms with Crippen LogP contribution >= 0.6 is 11.5 Å². The van der Waals surface area contributed by atoms with Gasteiger partial charge in [-0.2, -0.15) is 4.37 Å². The average molecular weight is 225 g/mol. The van der Waals surface area contributed by atoms with Crippen LogP contribution in [0.1, 0.15) is 32.0 Å². The number of anilines is 1. The predicted octanol–water partition coefficient (Wildman–Crippen LogP) is 1.79. The Morgan fingerprint density at radius 1 is 1.53 bits per heavy atom. The van der Waals surface area contributed by atoms with Gasteiger partial charge in [-0.15, -0.1) is 0 Å². The minimum absolute atomic E-state index is 0.0195. The lowest BCUT2D eigenvalue weighted by Gasteiger charge is -2.33. The van der Waals surface area contributed by atoms with E-state index in [-0.39, 0.29) is 11.8 Å². The van der Waals surface area contributed by atoms with E-state index in [0.717, 1.165) is 36.8 Å². The number of nitrogens with zero attached hydrogens (tertiary/aromatic N) is 3. The number of aryl methyl sites for hydroxylation is 1. The molecule has 0 saturated carbocycles. The Kier molecular flexibility index (Phi) is 3.00. The lowest BCUT2D eigenvalue weighted by Crippen LogP contribution is -2.43. The zero-order valence-electron chi connectivity index (χ0n) is 9.06. The summed E-state index contributed by atoms with van der Waals surface area (Å²) in [5.41, 5.74) is 0. The zero-order chi connectivity index (χ0) is 10.8. The van der Waals surface area contributed by atoms with Crippen LogP contribution in [-0.2, 0) is 4.79 Å². The van der Waals surface area contributed by atoms with E-state index >= 15 is 0 Å².